The lowest BCUT2D eigenvalue weighted by atomic mass is 10.2. The minimum atomic E-state index is -0.163. The minimum absolute atomic E-state index is 0.163. The van der Waals surface area contributed by atoms with Crippen molar-refractivity contribution in [2.75, 3.05) is 19.1 Å². The average molecular weight is 438 g/mol. The molecule has 0 radical (unpaired) electrons. The fourth-order valence-electron chi connectivity index (χ4n) is 2.93. The number of aromatic nitrogens is 2. The van der Waals surface area contributed by atoms with Gasteiger partial charge in [0.05, 0.1) is 20.8 Å². The first kappa shape index (κ1) is 20.1. The number of thiophene rings is 1. The van der Waals surface area contributed by atoms with Crippen LogP contribution in [0.2, 0.25) is 0 Å². The predicted molar refractivity (Wildman–Crippen MR) is 122 cm³/mol. The first-order valence-corrected chi connectivity index (χ1v) is 10.8. The topological polar surface area (TPSA) is 64.6 Å². The molecule has 0 atom stereocenters. The predicted octanol–water partition coefficient (Wildman–Crippen LogP) is 5.02. The summed E-state index contributed by atoms with van der Waals surface area (Å²) in [5, 5.41) is 2.54. The summed E-state index contributed by atoms with van der Waals surface area (Å²) in [6.07, 6.45) is 6.85. The molecule has 0 bridgehead atoms. The Morgan fingerprint density at radius 2 is 1.97 bits per heavy atom. The van der Waals surface area contributed by atoms with Crippen LogP contribution in [0.4, 0.5) is 5.13 Å². The van der Waals surface area contributed by atoms with Crippen LogP contribution in [0.15, 0.2) is 60.2 Å². The van der Waals surface area contributed by atoms with Crippen molar-refractivity contribution in [3.05, 3.63) is 70.7 Å². The van der Waals surface area contributed by atoms with Gasteiger partial charge in [0.2, 0.25) is 0 Å². The average Bonchev–Trinajstić information content (AvgIpc) is 3.46. The third-order valence-corrected chi connectivity index (χ3v) is 6.32. The monoisotopic (exact) mass is 437 g/mol. The highest BCUT2D eigenvalue weighted by Crippen LogP contribution is 2.40. The van der Waals surface area contributed by atoms with E-state index in [1.807, 2.05) is 47.9 Å². The molecule has 0 N–H and O–H groups in total. The Bertz CT molecular complexity index is 1130. The molecular formula is C22H19N3O3S2. The highest BCUT2D eigenvalue weighted by molar-refractivity contribution is 7.22. The lowest BCUT2D eigenvalue weighted by Gasteiger charge is -2.18. The normalized spacial score (nSPS) is 11.1. The van der Waals surface area contributed by atoms with E-state index < -0.39 is 0 Å². The Morgan fingerprint density at radius 1 is 1.13 bits per heavy atom. The van der Waals surface area contributed by atoms with Crippen LogP contribution < -0.4 is 14.4 Å². The Kier molecular flexibility index (Phi) is 6.06. The molecule has 0 saturated heterocycles. The lowest BCUT2D eigenvalue weighted by Crippen LogP contribution is -2.28. The number of hydrogen-bond acceptors (Lipinski definition) is 7. The van der Waals surface area contributed by atoms with Crippen molar-refractivity contribution in [1.82, 2.24) is 9.97 Å². The lowest BCUT2D eigenvalue weighted by molar-refractivity contribution is -0.114. The first-order valence-electron chi connectivity index (χ1n) is 9.13. The van der Waals surface area contributed by atoms with E-state index in [1.165, 1.54) is 11.3 Å². The molecule has 0 saturated carbocycles. The molecule has 0 fully saturated rings. The van der Waals surface area contributed by atoms with Gasteiger partial charge in [-0.1, -0.05) is 23.5 Å². The van der Waals surface area contributed by atoms with Crippen molar-refractivity contribution < 1.29 is 14.3 Å². The maximum Gasteiger partial charge on any atom is 0.253 e. The summed E-state index contributed by atoms with van der Waals surface area (Å²) in [4.78, 5) is 24.7. The van der Waals surface area contributed by atoms with Crippen molar-refractivity contribution >= 4 is 50.0 Å². The number of benzene rings is 1. The van der Waals surface area contributed by atoms with Crippen LogP contribution in [0.3, 0.4) is 0 Å². The summed E-state index contributed by atoms with van der Waals surface area (Å²) < 4.78 is 11.8. The van der Waals surface area contributed by atoms with Gasteiger partial charge in [0.15, 0.2) is 5.13 Å². The molecular weight excluding hydrogens is 418 g/mol. The van der Waals surface area contributed by atoms with Crippen LogP contribution in [-0.4, -0.2) is 30.1 Å². The molecule has 0 spiro atoms. The molecule has 4 rings (SSSR count). The summed E-state index contributed by atoms with van der Waals surface area (Å²) >= 11 is 2.97. The maximum absolute atomic E-state index is 13.2. The Hall–Kier alpha value is -3.23. The highest BCUT2D eigenvalue weighted by Gasteiger charge is 2.21. The van der Waals surface area contributed by atoms with Crippen LogP contribution in [0, 0.1) is 0 Å². The van der Waals surface area contributed by atoms with Gasteiger partial charge in [0, 0.05) is 23.3 Å². The number of carbonyl (C=O) groups is 1. The molecule has 30 heavy (non-hydrogen) atoms. The number of hydrogen-bond donors (Lipinski definition) is 0. The van der Waals surface area contributed by atoms with Crippen LogP contribution >= 0.6 is 22.7 Å². The summed E-state index contributed by atoms with van der Waals surface area (Å²) in [6.45, 7) is 0.353. The molecule has 1 aromatic carbocycles. The standard InChI is InChI=1S/C22H19N3O3S2/c1-27-17-8-9-18(28-2)21-20(17)24-22(30-21)25(14-15-5-3-11-23-13-15)19(26)10-7-16-6-4-12-29-16/h3-13H,14H2,1-2H3/b10-7+. The minimum Gasteiger partial charge on any atom is -0.495 e. The van der Waals surface area contributed by atoms with Crippen LogP contribution in [0.1, 0.15) is 10.4 Å². The number of thiazole rings is 1. The van der Waals surface area contributed by atoms with Crippen LogP contribution in [0.25, 0.3) is 16.3 Å². The first-order chi connectivity index (χ1) is 14.7. The molecule has 3 aromatic heterocycles. The Morgan fingerprint density at radius 3 is 2.67 bits per heavy atom. The molecule has 0 unspecified atom stereocenters. The van der Waals surface area contributed by atoms with Crippen LogP contribution in [0.5, 0.6) is 11.5 Å². The summed E-state index contributed by atoms with van der Waals surface area (Å²) in [6, 6.07) is 11.4. The number of ether oxygens (including phenoxy) is 2. The van der Waals surface area contributed by atoms with Gasteiger partial charge in [-0.3, -0.25) is 14.7 Å². The number of pyridine rings is 1. The zero-order chi connectivity index (χ0) is 20.9. The van der Waals surface area contributed by atoms with Gasteiger partial charge in [0.25, 0.3) is 5.91 Å². The fraction of sp³-hybridized carbons (Fsp3) is 0.136. The van der Waals surface area contributed by atoms with E-state index in [-0.39, 0.29) is 5.91 Å². The third-order valence-electron chi connectivity index (χ3n) is 4.39. The number of nitrogens with zero attached hydrogens (tertiary/aromatic N) is 3. The number of rotatable bonds is 7. The number of amides is 1. The molecule has 152 valence electrons. The molecule has 0 aliphatic rings. The Labute approximate surface area is 182 Å². The maximum atomic E-state index is 13.2. The van der Waals surface area contributed by atoms with Gasteiger partial charge >= 0.3 is 0 Å². The largest absolute Gasteiger partial charge is 0.495 e. The summed E-state index contributed by atoms with van der Waals surface area (Å²) in [5.41, 5.74) is 1.58. The quantitative estimate of drug-likeness (QED) is 0.380. The van der Waals surface area contributed by atoms with Gasteiger partial charge in [0.1, 0.15) is 21.7 Å². The fourth-order valence-corrected chi connectivity index (χ4v) is 4.63. The molecule has 1 amide bonds. The SMILES string of the molecule is COc1ccc(OC)c2sc(N(Cc3cccnc3)C(=O)/C=C/c3cccs3)nc12. The van der Waals surface area contributed by atoms with Crippen molar-refractivity contribution in [2.24, 2.45) is 0 Å². The smallest absolute Gasteiger partial charge is 0.253 e. The van der Waals surface area contributed by atoms with E-state index >= 15 is 0 Å². The van der Waals surface area contributed by atoms with Gasteiger partial charge in [-0.05, 0) is 41.3 Å². The third kappa shape index (κ3) is 4.19. The molecule has 0 aliphatic carbocycles. The molecule has 3 heterocycles. The van der Waals surface area contributed by atoms with E-state index in [4.69, 9.17) is 14.5 Å². The zero-order valence-electron chi connectivity index (χ0n) is 16.4. The van der Waals surface area contributed by atoms with Crippen molar-refractivity contribution in [2.45, 2.75) is 6.54 Å². The second-order valence-corrected chi connectivity index (χ2v) is 8.24. The van der Waals surface area contributed by atoms with E-state index in [1.54, 1.807) is 48.9 Å². The van der Waals surface area contributed by atoms with E-state index in [2.05, 4.69) is 4.98 Å². The molecule has 6 nitrogen and oxygen atoms in total. The van der Waals surface area contributed by atoms with Crippen molar-refractivity contribution in [3.63, 3.8) is 0 Å². The number of carbonyl (C=O) groups excluding carboxylic acids is 1. The zero-order valence-corrected chi connectivity index (χ0v) is 18.1. The number of methoxy groups -OCH3 is 2. The van der Waals surface area contributed by atoms with Crippen LogP contribution in [-0.2, 0) is 11.3 Å². The summed E-state index contributed by atoms with van der Waals surface area (Å²) in [5.74, 6) is 1.16. The van der Waals surface area contributed by atoms with Gasteiger partial charge in [-0.25, -0.2) is 4.98 Å². The van der Waals surface area contributed by atoms with Gasteiger partial charge < -0.3 is 9.47 Å². The molecule has 8 heteroatoms. The van der Waals surface area contributed by atoms with Crippen molar-refractivity contribution in [3.8, 4) is 11.5 Å². The van der Waals surface area contributed by atoms with Gasteiger partial charge in [-0.15, -0.1) is 11.3 Å². The summed E-state index contributed by atoms with van der Waals surface area (Å²) in [7, 11) is 3.21. The van der Waals surface area contributed by atoms with E-state index in [9.17, 15) is 4.79 Å². The molecule has 4 aromatic rings. The van der Waals surface area contributed by atoms with Gasteiger partial charge in [-0.2, -0.15) is 0 Å². The Balaban J connectivity index is 1.75. The second-order valence-electron chi connectivity index (χ2n) is 6.28. The van der Waals surface area contributed by atoms with E-state index in [0.29, 0.717) is 28.7 Å². The number of anilines is 1. The number of fused-ring (bicyclic) bond motifs is 1. The van der Waals surface area contributed by atoms with E-state index in [0.717, 1.165) is 15.1 Å². The van der Waals surface area contributed by atoms with Crippen molar-refractivity contribution in [1.29, 1.82) is 0 Å². The molecule has 0 aliphatic heterocycles. The highest BCUT2D eigenvalue weighted by atomic mass is 32.1. The second kappa shape index (κ2) is 9.06.